The summed E-state index contributed by atoms with van der Waals surface area (Å²) in [5.41, 5.74) is -3.82. The van der Waals surface area contributed by atoms with Crippen molar-refractivity contribution in [1.82, 2.24) is 19.1 Å². The van der Waals surface area contributed by atoms with E-state index in [1.807, 2.05) is 48.5 Å². The number of nitrogens with one attached hydrogen (secondary N) is 2. The van der Waals surface area contributed by atoms with Crippen molar-refractivity contribution in [2.75, 3.05) is 0 Å². The van der Waals surface area contributed by atoms with E-state index in [4.69, 9.17) is 0 Å². The Bertz CT molecular complexity index is 6050. The highest BCUT2D eigenvalue weighted by atomic mass is 79.9. The van der Waals surface area contributed by atoms with Crippen LogP contribution in [0.4, 0.5) is 0 Å². The lowest BCUT2D eigenvalue weighted by molar-refractivity contribution is 0.530. The van der Waals surface area contributed by atoms with Crippen molar-refractivity contribution in [3.8, 4) is 0 Å². The number of benzene rings is 12. The zero-order valence-corrected chi connectivity index (χ0v) is 51.0. The number of rotatable bonds is 20. The molecule has 0 bridgehead atoms. The number of hydrogen-bond donors (Lipinski definition) is 2. The Kier molecular flexibility index (Phi) is 12.3. The molecule has 428 valence electrons. The molecule has 14 heteroatoms. The van der Waals surface area contributed by atoms with Crippen molar-refractivity contribution in [3.05, 3.63) is 152 Å². The van der Waals surface area contributed by atoms with Crippen LogP contribution in [0.2, 0.25) is 0 Å². The van der Waals surface area contributed by atoms with E-state index in [9.17, 15) is 19.2 Å². The first kappa shape index (κ1) is 53.5. The van der Waals surface area contributed by atoms with Gasteiger partial charge < -0.3 is 0 Å². The molecule has 0 aliphatic rings. The third-order valence-corrected chi connectivity index (χ3v) is 21.2. The van der Waals surface area contributed by atoms with Crippen LogP contribution in [0.15, 0.2) is 108 Å². The third kappa shape index (κ3) is 7.19. The van der Waals surface area contributed by atoms with Gasteiger partial charge >= 0.3 is 0 Å². The lowest BCUT2D eigenvalue weighted by atomic mass is 9.76. The third-order valence-electron chi connectivity index (χ3n) is 19.9. The molecule has 0 aliphatic carbocycles. The number of unbranched alkanes of at least 4 members (excludes halogenated alkanes) is 16. The fourth-order valence-electron chi connectivity index (χ4n) is 16.2. The van der Waals surface area contributed by atoms with Gasteiger partial charge in [0.05, 0.1) is 0 Å². The van der Waals surface area contributed by atoms with Gasteiger partial charge in [-0.1, -0.05) is 161 Å². The summed E-state index contributed by atoms with van der Waals surface area (Å²) in [7, 11) is 0. The molecule has 0 saturated heterocycles. The number of halogens is 2. The predicted octanol–water partition coefficient (Wildman–Crippen LogP) is 16.2. The van der Waals surface area contributed by atoms with Gasteiger partial charge in [0.1, 0.15) is 0 Å². The van der Waals surface area contributed by atoms with Crippen LogP contribution in [-0.4, -0.2) is 19.1 Å². The first-order chi connectivity index (χ1) is 41.8. The van der Waals surface area contributed by atoms with Crippen LogP contribution in [0.25, 0.3) is 162 Å². The number of aromatic amines is 2. The summed E-state index contributed by atoms with van der Waals surface area (Å²) in [5, 5.41) is 16.6. The fourth-order valence-corrected chi connectivity index (χ4v) is 17.4. The predicted molar refractivity (Wildman–Crippen MR) is 363 cm³/mol. The molecular weight excluding hydrogens is 1210 g/mol. The fraction of sp³-hybridized carbons (Fsp3) is 0.306. The minimum atomic E-state index is -0.582. The smallest absolute Gasteiger partial charge is 0.261 e. The maximum Gasteiger partial charge on any atom is 0.261 e. The van der Waals surface area contributed by atoms with Crippen molar-refractivity contribution in [2.24, 2.45) is 0 Å². The Morgan fingerprint density at radius 2 is 0.535 bits per heavy atom. The Morgan fingerprint density at radius 1 is 0.267 bits per heavy atom. The SMILES string of the molecule is CCCCCCCCCCCn1c(=O)c2ccc3c4c(Br)cc5c(=O)[nH]c(=O)c6cc7c8c9cc%10c(=O)[nH]c(=O)c%11ccc%12c%13c(Br)cc%14c(=O)n(CCCCCCCCCCC)c(=O)c%15cc(c8c8cc(c1=O)c2c3c8c7c4c56)c(c9c%12c%11%10)c%13c%14%15. The minimum absolute atomic E-state index is 0.236. The lowest BCUT2D eigenvalue weighted by Crippen LogP contribution is -2.33. The van der Waals surface area contributed by atoms with Crippen molar-refractivity contribution in [3.63, 3.8) is 0 Å². The number of pyridine rings is 4. The highest BCUT2D eigenvalue weighted by molar-refractivity contribution is 9.11. The first-order valence-electron chi connectivity index (χ1n) is 31.0. The molecule has 4 heterocycles. The maximum atomic E-state index is 15.7. The minimum Gasteiger partial charge on any atom is -0.288 e. The summed E-state index contributed by atoms with van der Waals surface area (Å²) < 4.78 is 3.98. The number of aromatic nitrogens is 4. The summed E-state index contributed by atoms with van der Waals surface area (Å²) in [5.74, 6) is 0. The molecule has 0 fully saturated rings. The number of nitrogens with zero attached hydrogens (tertiary/aromatic N) is 2. The van der Waals surface area contributed by atoms with Gasteiger partial charge in [0.15, 0.2) is 0 Å². The van der Waals surface area contributed by atoms with E-state index in [1.54, 1.807) is 12.1 Å². The van der Waals surface area contributed by atoms with E-state index in [0.717, 1.165) is 51.4 Å². The molecule has 2 N–H and O–H groups in total. The Balaban J connectivity index is 1.09. The second-order valence-corrected chi connectivity index (χ2v) is 26.5. The van der Waals surface area contributed by atoms with Crippen molar-refractivity contribution >= 4 is 193 Å². The summed E-state index contributed by atoms with van der Waals surface area (Å²) in [6, 6.07) is 18.4. The van der Waals surface area contributed by atoms with Crippen LogP contribution >= 0.6 is 31.9 Å². The summed E-state index contributed by atoms with van der Waals surface area (Å²) >= 11 is 7.89. The van der Waals surface area contributed by atoms with Crippen LogP contribution in [0.1, 0.15) is 129 Å². The van der Waals surface area contributed by atoms with E-state index in [-0.39, 0.29) is 35.0 Å². The Hall–Kier alpha value is -7.94. The van der Waals surface area contributed by atoms with Gasteiger partial charge in [-0.05, 0) is 137 Å². The molecule has 12 nitrogen and oxygen atoms in total. The molecule has 4 aromatic heterocycles. The average molecular weight is 1270 g/mol. The van der Waals surface area contributed by atoms with E-state index in [2.05, 4.69) is 55.7 Å². The molecule has 86 heavy (non-hydrogen) atoms. The lowest BCUT2D eigenvalue weighted by Gasteiger charge is -2.27. The average Bonchev–Trinajstić information content (AvgIpc) is 0.658. The van der Waals surface area contributed by atoms with E-state index in [1.165, 1.54) is 60.5 Å². The number of hydrogen-bond acceptors (Lipinski definition) is 8. The van der Waals surface area contributed by atoms with E-state index in [0.29, 0.717) is 173 Å². The summed E-state index contributed by atoms with van der Waals surface area (Å²) in [4.78, 5) is 124. The molecule has 0 unspecified atom stereocenters. The molecule has 0 amide bonds. The molecule has 0 aliphatic heterocycles. The monoisotopic (exact) mass is 1260 g/mol. The zero-order chi connectivity index (χ0) is 58.9. The Labute approximate surface area is 504 Å². The molecule has 0 atom stereocenters. The topological polar surface area (TPSA) is 178 Å². The van der Waals surface area contributed by atoms with Crippen molar-refractivity contribution in [1.29, 1.82) is 0 Å². The van der Waals surface area contributed by atoms with Crippen LogP contribution in [0.5, 0.6) is 0 Å². The van der Waals surface area contributed by atoms with Crippen LogP contribution in [-0.2, 0) is 13.1 Å². The summed E-state index contributed by atoms with van der Waals surface area (Å²) in [6.45, 7) is 4.91. The van der Waals surface area contributed by atoms with Gasteiger partial charge in [0, 0.05) is 108 Å². The van der Waals surface area contributed by atoms with Gasteiger partial charge in [-0.25, -0.2) is 0 Å². The van der Waals surface area contributed by atoms with Crippen molar-refractivity contribution < 1.29 is 0 Å². The van der Waals surface area contributed by atoms with Gasteiger partial charge in [0.2, 0.25) is 0 Å². The quantitative estimate of drug-likeness (QED) is 0.0430. The molecule has 16 aromatic rings. The molecular formula is C72H58Br2N4O8. The normalized spacial score (nSPS) is 13.0. The van der Waals surface area contributed by atoms with Gasteiger partial charge in [-0.15, -0.1) is 0 Å². The van der Waals surface area contributed by atoms with Crippen LogP contribution in [0, 0.1) is 0 Å². The number of H-pyrrole nitrogens is 2. The van der Waals surface area contributed by atoms with E-state index >= 15 is 19.2 Å². The molecule has 16 rings (SSSR count). The Morgan fingerprint density at radius 3 is 0.977 bits per heavy atom. The summed E-state index contributed by atoms with van der Waals surface area (Å²) in [6.07, 6.45) is 19.2. The van der Waals surface area contributed by atoms with Crippen molar-refractivity contribution in [2.45, 2.75) is 143 Å². The standard InChI is InChI=1S/C72H58Br2N4O8/c1-3-5-7-9-11-13-15-17-19-25-77-69(83)36-24-22-34-55-47(73)31-43-53-42(67(81)76-68(43)82)28-38-51-37-27-41-49-35(65(79)75-66(41)80)23-21-33-56-48(74)32-46-54-45(71(85)78(72(46)86)26-20-18-16-14-12-10-8-6-4-2)30-40(62(64(54)56)59(37)57(33)49)52(51)39-29-44(70(77)84)50(36)58(34)60(39)61(38)63(53)55/h21-24,27-32H,3-20,25-26H2,1-2H3,(H,75,79,80)(H,76,81,82). The van der Waals surface area contributed by atoms with Gasteiger partial charge in [-0.2, -0.15) is 0 Å². The largest absolute Gasteiger partial charge is 0.288 e. The highest BCUT2D eigenvalue weighted by Gasteiger charge is 2.33. The highest BCUT2D eigenvalue weighted by Crippen LogP contribution is 2.58. The maximum absolute atomic E-state index is 15.7. The second kappa shape index (κ2) is 19.8. The first-order valence-corrected chi connectivity index (χ1v) is 32.6. The van der Waals surface area contributed by atoms with Gasteiger partial charge in [-0.3, -0.25) is 57.5 Å². The molecule has 12 aromatic carbocycles. The molecule has 0 saturated carbocycles. The van der Waals surface area contributed by atoms with E-state index < -0.39 is 33.4 Å². The zero-order valence-electron chi connectivity index (χ0n) is 47.8. The number of fused-ring (bicyclic) bond motifs is 7. The van der Waals surface area contributed by atoms with Crippen LogP contribution in [0.3, 0.4) is 0 Å². The molecule has 0 radical (unpaired) electrons. The van der Waals surface area contributed by atoms with Gasteiger partial charge in [0.25, 0.3) is 44.5 Å². The second-order valence-electron chi connectivity index (χ2n) is 24.8. The van der Waals surface area contributed by atoms with Crippen LogP contribution < -0.4 is 44.5 Å². The molecule has 0 spiro atoms.